The number of thiophene rings is 1. The Morgan fingerprint density at radius 3 is 2.24 bits per heavy atom. The van der Waals surface area contributed by atoms with Crippen LogP contribution in [0.15, 0.2) is 54.4 Å². The molecule has 55 heavy (non-hydrogen) atoms. The number of nitrogens with zero attached hydrogens (tertiary/aromatic N) is 1. The van der Waals surface area contributed by atoms with E-state index in [1.54, 1.807) is 17.0 Å². The van der Waals surface area contributed by atoms with E-state index >= 15 is 4.79 Å². The quantitative estimate of drug-likeness (QED) is 0.156. The van der Waals surface area contributed by atoms with Gasteiger partial charge in [-0.1, -0.05) is 89.3 Å². The molecular formula is C43H55N5O6S. The van der Waals surface area contributed by atoms with Gasteiger partial charge in [0.2, 0.25) is 23.5 Å². The lowest BCUT2D eigenvalue weighted by Gasteiger charge is -2.41. The fraction of sp³-hybridized carbons (Fsp3) is 0.581. The normalized spacial score (nSPS) is 25.0. The number of amides is 5. The third-order valence-corrected chi connectivity index (χ3v) is 14.3. The molecule has 0 spiro atoms. The van der Waals surface area contributed by atoms with E-state index in [2.05, 4.69) is 60.8 Å². The smallest absolute Gasteiger partial charge is 0.289 e. The molecule has 5 aliphatic rings. The number of nitrogens with one attached hydrogen (secondary N) is 4. The van der Waals surface area contributed by atoms with Gasteiger partial charge in [0.15, 0.2) is 0 Å². The zero-order valence-corrected chi connectivity index (χ0v) is 33.1. The Balaban J connectivity index is 1.17. The highest BCUT2D eigenvalue weighted by Crippen LogP contribution is 2.65. The first kappa shape index (κ1) is 38.9. The van der Waals surface area contributed by atoms with Crippen molar-refractivity contribution in [3.8, 4) is 0 Å². The van der Waals surface area contributed by atoms with Crippen molar-refractivity contribution in [3.63, 3.8) is 0 Å². The number of carbonyl (C=O) groups excluding carboxylic acids is 6. The van der Waals surface area contributed by atoms with Crippen molar-refractivity contribution in [1.29, 1.82) is 0 Å². The molecule has 1 unspecified atom stereocenters. The molecule has 1 aliphatic heterocycles. The van der Waals surface area contributed by atoms with Gasteiger partial charge in [0, 0.05) is 13.1 Å². The van der Waals surface area contributed by atoms with E-state index in [1.807, 2.05) is 17.5 Å². The van der Waals surface area contributed by atoms with Crippen LogP contribution in [-0.4, -0.2) is 77.5 Å². The summed E-state index contributed by atoms with van der Waals surface area (Å²) in [5, 5.41) is 13.6. The Morgan fingerprint density at radius 2 is 1.62 bits per heavy atom. The topological polar surface area (TPSA) is 154 Å². The summed E-state index contributed by atoms with van der Waals surface area (Å²) < 4.78 is 0. The van der Waals surface area contributed by atoms with Gasteiger partial charge in [-0.25, -0.2) is 0 Å². The second-order valence-electron chi connectivity index (χ2n) is 17.5. The maximum atomic E-state index is 15.1. The Morgan fingerprint density at radius 1 is 0.927 bits per heavy atom. The fourth-order valence-electron chi connectivity index (χ4n) is 9.84. The van der Waals surface area contributed by atoms with Crippen molar-refractivity contribution < 1.29 is 28.8 Å². The summed E-state index contributed by atoms with van der Waals surface area (Å²) in [5.74, 6) is -3.06. The fourth-order valence-corrected chi connectivity index (χ4v) is 10.5. The van der Waals surface area contributed by atoms with Gasteiger partial charge in [-0.05, 0) is 89.2 Å². The maximum absolute atomic E-state index is 15.1. The first-order valence-corrected chi connectivity index (χ1v) is 21.0. The summed E-state index contributed by atoms with van der Waals surface area (Å²) in [6.45, 7) is 10.3. The number of piperidine rings is 1. The molecule has 2 aromatic rings. The summed E-state index contributed by atoms with van der Waals surface area (Å²) in [4.78, 5) is 86.1. The van der Waals surface area contributed by atoms with Crippen molar-refractivity contribution in [2.75, 3.05) is 13.1 Å². The molecule has 1 aromatic heterocycles. The van der Waals surface area contributed by atoms with Crippen LogP contribution in [0.3, 0.4) is 0 Å². The van der Waals surface area contributed by atoms with E-state index in [4.69, 9.17) is 0 Å². The lowest BCUT2D eigenvalue weighted by atomic mass is 9.70. The molecule has 0 radical (unpaired) electrons. The molecule has 11 nitrogen and oxygen atoms in total. The third kappa shape index (κ3) is 8.02. The van der Waals surface area contributed by atoms with Gasteiger partial charge in [-0.2, -0.15) is 0 Å². The van der Waals surface area contributed by atoms with Gasteiger partial charge in [-0.15, -0.1) is 17.9 Å². The zero-order chi connectivity index (χ0) is 39.1. The van der Waals surface area contributed by atoms with Crippen LogP contribution in [0, 0.1) is 34.5 Å². The second kappa shape index (κ2) is 15.7. The highest BCUT2D eigenvalue weighted by molar-refractivity contribution is 7.12. The molecule has 7 rings (SSSR count). The third-order valence-electron chi connectivity index (χ3n) is 13.4. The number of benzene rings is 1. The van der Waals surface area contributed by atoms with E-state index in [1.165, 1.54) is 17.4 Å². The molecule has 1 aromatic carbocycles. The zero-order valence-electron chi connectivity index (χ0n) is 32.2. The van der Waals surface area contributed by atoms with Gasteiger partial charge in [0.1, 0.15) is 18.1 Å². The number of fused-ring (bicyclic) bond motifs is 2. The minimum Gasteiger partial charge on any atom is -0.346 e. The molecular weight excluding hydrogens is 715 g/mol. The van der Waals surface area contributed by atoms with Crippen molar-refractivity contribution in [2.24, 2.45) is 34.5 Å². The van der Waals surface area contributed by atoms with Crippen molar-refractivity contribution >= 4 is 46.7 Å². The van der Waals surface area contributed by atoms with Crippen LogP contribution < -0.4 is 21.3 Å². The van der Waals surface area contributed by atoms with Gasteiger partial charge in [0.25, 0.3) is 11.8 Å². The SMILES string of the molecule is C=CCNC(=O)C(=O)C(CC1CC1)NC(=O)[C@@H]1[C@@H]2[C@H](CN1C(=O)[C@@H](NC(=O)[C@@H](NC(=O)c1cccs1)C1(C)CCCCC1)C1Cc3ccccc3C1)C2(C)C. The second-order valence-corrected chi connectivity index (χ2v) is 18.5. The molecule has 4 N–H and O–H groups in total. The number of rotatable bonds is 15. The Hall–Kier alpha value is -4.32. The lowest BCUT2D eigenvalue weighted by molar-refractivity contribution is -0.146. The molecule has 1 saturated heterocycles. The monoisotopic (exact) mass is 769 g/mol. The summed E-state index contributed by atoms with van der Waals surface area (Å²) >= 11 is 1.31. The van der Waals surface area contributed by atoms with Crippen LogP contribution >= 0.6 is 11.3 Å². The number of likely N-dealkylation sites (tertiary alicyclic amines) is 1. The molecule has 4 fully saturated rings. The maximum Gasteiger partial charge on any atom is 0.289 e. The van der Waals surface area contributed by atoms with Crippen LogP contribution in [0.4, 0.5) is 0 Å². The summed E-state index contributed by atoms with van der Waals surface area (Å²) in [5.41, 5.74) is 1.53. The van der Waals surface area contributed by atoms with E-state index < -0.39 is 53.1 Å². The Bertz CT molecular complexity index is 1810. The molecule has 2 heterocycles. The minimum atomic E-state index is -1.01. The highest BCUT2D eigenvalue weighted by atomic mass is 32.1. The number of hydrogen-bond acceptors (Lipinski definition) is 7. The molecule has 0 bridgehead atoms. The number of ketones is 1. The highest BCUT2D eigenvalue weighted by Gasteiger charge is 2.70. The molecule has 4 aliphatic carbocycles. The molecule has 294 valence electrons. The Kier molecular flexibility index (Phi) is 11.1. The van der Waals surface area contributed by atoms with Crippen molar-refractivity contribution in [3.05, 3.63) is 70.4 Å². The van der Waals surface area contributed by atoms with Crippen LogP contribution in [0.2, 0.25) is 0 Å². The number of carbonyl (C=O) groups is 6. The van der Waals surface area contributed by atoms with Crippen LogP contribution in [0.25, 0.3) is 0 Å². The molecule has 5 amide bonds. The first-order valence-electron chi connectivity index (χ1n) is 20.1. The first-order chi connectivity index (χ1) is 26.3. The predicted molar refractivity (Wildman–Crippen MR) is 210 cm³/mol. The van der Waals surface area contributed by atoms with Gasteiger partial charge < -0.3 is 26.2 Å². The van der Waals surface area contributed by atoms with E-state index in [0.29, 0.717) is 30.7 Å². The van der Waals surface area contributed by atoms with Crippen LogP contribution in [0.5, 0.6) is 0 Å². The summed E-state index contributed by atoms with van der Waals surface area (Å²) in [6.07, 6.45) is 9.35. The van der Waals surface area contributed by atoms with E-state index in [9.17, 15) is 24.0 Å². The average Bonchev–Trinajstić information content (AvgIpc) is 3.73. The molecule has 3 saturated carbocycles. The number of hydrogen-bond donors (Lipinski definition) is 4. The van der Waals surface area contributed by atoms with Crippen molar-refractivity contribution in [1.82, 2.24) is 26.2 Å². The van der Waals surface area contributed by atoms with E-state index in [-0.39, 0.29) is 47.4 Å². The van der Waals surface area contributed by atoms with Crippen LogP contribution in [0.1, 0.15) is 92.9 Å². The molecule has 6 atom stereocenters. The lowest BCUT2D eigenvalue weighted by Crippen LogP contribution is -2.63. The largest absolute Gasteiger partial charge is 0.346 e. The van der Waals surface area contributed by atoms with Gasteiger partial charge >= 0.3 is 0 Å². The summed E-state index contributed by atoms with van der Waals surface area (Å²) in [7, 11) is 0. The summed E-state index contributed by atoms with van der Waals surface area (Å²) in [6, 6.07) is 7.90. The van der Waals surface area contributed by atoms with Crippen molar-refractivity contribution in [2.45, 2.75) is 109 Å². The number of Topliss-reactive ketones (excluding diaryl/α,β-unsaturated/α-hetero) is 1. The van der Waals surface area contributed by atoms with Gasteiger partial charge in [0.05, 0.1) is 10.9 Å². The van der Waals surface area contributed by atoms with E-state index in [0.717, 1.165) is 56.1 Å². The van der Waals surface area contributed by atoms with Crippen LogP contribution in [-0.2, 0) is 36.8 Å². The minimum absolute atomic E-state index is 0.0665. The van der Waals surface area contributed by atoms with Gasteiger partial charge in [-0.3, -0.25) is 28.8 Å². The standard InChI is InChI=1S/C43H55N5O6S/c1-5-19-44-39(52)35(49)30(21-25-15-16-25)45-38(51)34-32-29(42(32,2)3)24-48(34)41(54)33(28-22-26-12-7-8-13-27(26)23-28)46-40(53)36(43(4)17-9-6-10-18-43)47-37(50)31-14-11-20-55-31/h5,7-8,11-14,20,25,28-30,32-34,36H,1,6,9-10,15-19,21-24H2,2-4H3,(H,44,52)(H,45,51)(H,46,53)(H,47,50)/t29-,30?,32-,33-,34-,36+/m0/s1. The Labute approximate surface area is 327 Å². The predicted octanol–water partition coefficient (Wildman–Crippen LogP) is 4.36. The average molecular weight is 770 g/mol. The molecule has 12 heteroatoms.